The summed E-state index contributed by atoms with van der Waals surface area (Å²) in [5.41, 5.74) is 24.9. The summed E-state index contributed by atoms with van der Waals surface area (Å²) < 4.78 is 0. The van der Waals surface area contributed by atoms with Gasteiger partial charge in [-0.3, -0.25) is 0 Å². The van der Waals surface area contributed by atoms with Crippen LogP contribution in [0, 0.1) is 0 Å². The molecule has 2 bridgehead atoms. The van der Waals surface area contributed by atoms with Gasteiger partial charge in [-0.05, 0) is 119 Å². The van der Waals surface area contributed by atoms with Crippen LogP contribution in [0.15, 0.2) is 212 Å². The lowest BCUT2D eigenvalue weighted by molar-refractivity contribution is 0.660. The number of fused-ring (bicyclic) bond motifs is 3. The van der Waals surface area contributed by atoms with Crippen molar-refractivity contribution in [1.82, 2.24) is 0 Å². The Kier molecular flexibility index (Phi) is 7.78. The van der Waals surface area contributed by atoms with E-state index in [1.165, 1.54) is 94.7 Å². The summed E-state index contributed by atoms with van der Waals surface area (Å²) in [6.07, 6.45) is 0. The summed E-state index contributed by atoms with van der Waals surface area (Å²) in [4.78, 5) is 2.52. The van der Waals surface area contributed by atoms with Crippen molar-refractivity contribution >= 4 is 17.1 Å². The van der Waals surface area contributed by atoms with Gasteiger partial charge < -0.3 is 4.90 Å². The fraction of sp³-hybridized carbons (Fsp3) is 0.0847. The molecule has 60 heavy (non-hydrogen) atoms. The molecule has 1 nitrogen and oxygen atoms in total. The maximum Gasteiger partial charge on any atom is 0.0506 e. The van der Waals surface area contributed by atoms with E-state index in [0.717, 1.165) is 11.4 Å². The number of benzene rings is 9. The lowest BCUT2D eigenvalue weighted by atomic mass is 9.59. The minimum atomic E-state index is -0.0494. The average molecular weight is 766 g/mol. The molecule has 0 atom stereocenters. The first-order valence-corrected chi connectivity index (χ1v) is 21.3. The second-order valence-corrected chi connectivity index (χ2v) is 17.1. The third-order valence-electron chi connectivity index (χ3n) is 13.7. The van der Waals surface area contributed by atoms with E-state index in [9.17, 15) is 0 Å². The van der Waals surface area contributed by atoms with Gasteiger partial charge in [-0.15, -0.1) is 0 Å². The molecule has 4 aliphatic rings. The topological polar surface area (TPSA) is 3.24 Å². The van der Waals surface area contributed by atoms with Crippen LogP contribution in [0.5, 0.6) is 0 Å². The van der Waals surface area contributed by atoms with Crippen molar-refractivity contribution in [3.8, 4) is 44.5 Å². The molecular formula is C59H43N. The Labute approximate surface area is 352 Å². The summed E-state index contributed by atoms with van der Waals surface area (Å²) in [5.74, 6) is 0.223. The maximum absolute atomic E-state index is 2.52. The molecule has 1 heteroatoms. The van der Waals surface area contributed by atoms with E-state index in [-0.39, 0.29) is 17.3 Å². The van der Waals surface area contributed by atoms with Crippen LogP contribution in [0.25, 0.3) is 44.5 Å². The van der Waals surface area contributed by atoms with E-state index >= 15 is 0 Å². The van der Waals surface area contributed by atoms with Crippen molar-refractivity contribution in [2.75, 3.05) is 4.90 Å². The third kappa shape index (κ3) is 5.12. The van der Waals surface area contributed by atoms with Crippen molar-refractivity contribution in [2.24, 2.45) is 0 Å². The zero-order valence-corrected chi connectivity index (χ0v) is 33.8. The van der Waals surface area contributed by atoms with Crippen molar-refractivity contribution in [1.29, 1.82) is 0 Å². The fourth-order valence-corrected chi connectivity index (χ4v) is 11.0. The Bertz CT molecular complexity index is 3050. The Morgan fingerprint density at radius 3 is 1.40 bits per heavy atom. The molecule has 0 saturated heterocycles. The molecule has 0 saturated carbocycles. The monoisotopic (exact) mass is 765 g/mol. The first-order chi connectivity index (χ1) is 29.6. The summed E-state index contributed by atoms with van der Waals surface area (Å²) in [6.45, 7) is 4.72. The Hall–Kier alpha value is -7.22. The first kappa shape index (κ1) is 34.8. The number of nitrogens with zero attached hydrogens (tertiary/aromatic N) is 1. The van der Waals surface area contributed by atoms with E-state index in [4.69, 9.17) is 0 Å². The van der Waals surface area contributed by atoms with Gasteiger partial charge in [-0.25, -0.2) is 0 Å². The van der Waals surface area contributed by atoms with Crippen molar-refractivity contribution in [3.05, 3.63) is 257 Å². The van der Waals surface area contributed by atoms with Crippen LogP contribution in [0.2, 0.25) is 0 Å². The standard InChI is InChI=1S/C59H43N/c1-59(2)51-26-14-13-24-50(51)54-44(25-15-27-52(54)59)41-30-34-43(35-31-41)60(42-32-28-39(29-33-42)38-16-5-3-6-17-38)53-37-36-45(40-18-7-4-8-19-40)57-55-46-20-9-11-22-48(46)56(58(53)57)49-23-12-10-21-47(49)55/h3-37,55-56H,1-2H3. The maximum atomic E-state index is 2.52. The van der Waals surface area contributed by atoms with Crippen LogP contribution in [0.1, 0.15) is 70.2 Å². The van der Waals surface area contributed by atoms with E-state index in [1.807, 2.05) is 0 Å². The molecular weight excluding hydrogens is 723 g/mol. The van der Waals surface area contributed by atoms with Crippen LogP contribution in [0.3, 0.4) is 0 Å². The third-order valence-corrected chi connectivity index (χ3v) is 13.7. The number of hydrogen-bond donors (Lipinski definition) is 0. The summed E-state index contributed by atoms with van der Waals surface area (Å²) >= 11 is 0. The molecule has 0 aromatic heterocycles. The highest BCUT2D eigenvalue weighted by molar-refractivity contribution is 5.94. The van der Waals surface area contributed by atoms with E-state index in [0.29, 0.717) is 0 Å². The molecule has 284 valence electrons. The quantitative estimate of drug-likeness (QED) is 0.163. The zero-order valence-electron chi connectivity index (χ0n) is 33.8. The molecule has 0 aliphatic heterocycles. The summed E-state index contributed by atoms with van der Waals surface area (Å²) in [5, 5.41) is 0. The van der Waals surface area contributed by atoms with Gasteiger partial charge in [0.25, 0.3) is 0 Å². The Balaban J connectivity index is 1.08. The molecule has 0 N–H and O–H groups in total. The Morgan fingerprint density at radius 2 is 0.783 bits per heavy atom. The molecule has 0 fully saturated rings. The smallest absolute Gasteiger partial charge is 0.0506 e. The highest BCUT2D eigenvalue weighted by Crippen LogP contribution is 2.61. The Morgan fingerprint density at radius 1 is 0.333 bits per heavy atom. The summed E-state index contributed by atoms with van der Waals surface area (Å²) in [6, 6.07) is 79.2. The predicted octanol–water partition coefficient (Wildman–Crippen LogP) is 15.5. The van der Waals surface area contributed by atoms with Crippen LogP contribution in [0.4, 0.5) is 17.1 Å². The molecule has 13 rings (SSSR count). The minimum absolute atomic E-state index is 0.0494. The molecule has 0 amide bonds. The fourth-order valence-electron chi connectivity index (χ4n) is 11.0. The van der Waals surface area contributed by atoms with Gasteiger partial charge in [-0.1, -0.05) is 196 Å². The van der Waals surface area contributed by atoms with Crippen molar-refractivity contribution < 1.29 is 0 Å². The zero-order chi connectivity index (χ0) is 40.0. The van der Waals surface area contributed by atoms with Gasteiger partial charge in [-0.2, -0.15) is 0 Å². The second kappa shape index (κ2) is 13.4. The van der Waals surface area contributed by atoms with Gasteiger partial charge in [0.15, 0.2) is 0 Å². The van der Waals surface area contributed by atoms with Crippen molar-refractivity contribution in [3.63, 3.8) is 0 Å². The highest BCUT2D eigenvalue weighted by atomic mass is 15.1. The van der Waals surface area contributed by atoms with Gasteiger partial charge in [0.05, 0.1) is 5.69 Å². The van der Waals surface area contributed by atoms with Gasteiger partial charge in [0.2, 0.25) is 0 Å². The molecule has 9 aromatic rings. The largest absolute Gasteiger partial charge is 0.310 e. The van der Waals surface area contributed by atoms with Gasteiger partial charge in [0, 0.05) is 28.6 Å². The summed E-state index contributed by atoms with van der Waals surface area (Å²) in [7, 11) is 0. The molecule has 0 spiro atoms. The minimum Gasteiger partial charge on any atom is -0.310 e. The van der Waals surface area contributed by atoms with Crippen LogP contribution in [-0.2, 0) is 5.41 Å². The molecule has 9 aromatic carbocycles. The molecule has 0 radical (unpaired) electrons. The molecule has 4 aliphatic carbocycles. The molecule has 0 unspecified atom stereocenters. The molecule has 0 heterocycles. The highest BCUT2D eigenvalue weighted by Gasteiger charge is 2.44. The van der Waals surface area contributed by atoms with E-state index in [2.05, 4.69) is 231 Å². The SMILES string of the molecule is CC1(C)c2ccccc2-c2c(-c3ccc(N(c4ccc(-c5ccccc5)cc4)c4ccc(-c5ccccc5)c5c4C4c6ccccc6C5c5ccccc54)cc3)cccc21. The van der Waals surface area contributed by atoms with E-state index in [1.54, 1.807) is 0 Å². The lowest BCUT2D eigenvalue weighted by Crippen LogP contribution is -2.30. The number of anilines is 3. The average Bonchev–Trinajstić information content (AvgIpc) is 3.56. The lowest BCUT2D eigenvalue weighted by Gasteiger charge is -2.45. The normalized spacial score (nSPS) is 16.0. The van der Waals surface area contributed by atoms with E-state index < -0.39 is 0 Å². The van der Waals surface area contributed by atoms with Gasteiger partial charge >= 0.3 is 0 Å². The van der Waals surface area contributed by atoms with Crippen molar-refractivity contribution in [2.45, 2.75) is 31.1 Å². The predicted molar refractivity (Wildman–Crippen MR) is 250 cm³/mol. The second-order valence-electron chi connectivity index (χ2n) is 17.1. The number of hydrogen-bond acceptors (Lipinski definition) is 1. The van der Waals surface area contributed by atoms with Crippen LogP contribution >= 0.6 is 0 Å². The van der Waals surface area contributed by atoms with Crippen LogP contribution in [-0.4, -0.2) is 0 Å². The van der Waals surface area contributed by atoms with Gasteiger partial charge in [0.1, 0.15) is 0 Å². The number of rotatable bonds is 6. The first-order valence-electron chi connectivity index (χ1n) is 21.3. The van der Waals surface area contributed by atoms with Crippen LogP contribution < -0.4 is 4.90 Å².